The predicted octanol–water partition coefficient (Wildman–Crippen LogP) is 7.37. The smallest absolute Gasteiger partial charge is 0.657 e. The number of carbonyl (C=O) groups is 1. The van der Waals surface area contributed by atoms with Crippen LogP contribution in [-0.2, 0) is 24.3 Å². The van der Waals surface area contributed by atoms with Crippen molar-refractivity contribution in [3.8, 4) is 22.3 Å². The Morgan fingerprint density at radius 3 is 1.93 bits per heavy atom. The van der Waals surface area contributed by atoms with E-state index in [0.29, 0.717) is 13.0 Å². The number of hydrogen-bond donors (Lipinski definition) is 0. The van der Waals surface area contributed by atoms with Crippen molar-refractivity contribution in [2.75, 3.05) is 11.4 Å². The third-order valence-electron chi connectivity index (χ3n) is 7.88. The summed E-state index contributed by atoms with van der Waals surface area (Å²) >= 11 is 0. The molecule has 202 valence electrons. The Balaban J connectivity index is 0.00000300. The fourth-order valence-corrected chi connectivity index (χ4v) is 5.97. The van der Waals surface area contributed by atoms with Gasteiger partial charge in [-0.3, -0.25) is 4.79 Å². The Bertz CT molecular complexity index is 2050. The molecule has 0 radical (unpaired) electrons. The normalized spacial score (nSPS) is 13.9. The van der Waals surface area contributed by atoms with Gasteiger partial charge in [0.05, 0.1) is 28.5 Å². The molecule has 2 aromatic carbocycles. The van der Waals surface area contributed by atoms with Crippen LogP contribution in [0.1, 0.15) is 35.6 Å². The van der Waals surface area contributed by atoms with Crippen molar-refractivity contribution in [1.29, 1.82) is 0 Å². The summed E-state index contributed by atoms with van der Waals surface area (Å²) in [5.74, 6) is 0.0910. The number of fused-ring (bicyclic) bond motifs is 8. The molecule has 0 N–H and O–H groups in total. The van der Waals surface area contributed by atoms with Crippen molar-refractivity contribution in [3.05, 3.63) is 114 Å². The number of nitrogens with zero attached hydrogens (tertiary/aromatic N) is 5. The van der Waals surface area contributed by atoms with Crippen molar-refractivity contribution in [2.45, 2.75) is 12.8 Å². The van der Waals surface area contributed by atoms with Crippen LogP contribution < -0.4 is 14.9 Å². The summed E-state index contributed by atoms with van der Waals surface area (Å²) in [5, 5.41) is 0. The molecule has 7 heteroatoms. The molecule has 43 heavy (non-hydrogen) atoms. The number of hydrogen-bond acceptors (Lipinski definition) is 3. The van der Waals surface area contributed by atoms with Gasteiger partial charge in [-0.05, 0) is 53.0 Å². The van der Waals surface area contributed by atoms with Crippen LogP contribution in [0.4, 0.5) is 5.69 Å². The fraction of sp³-hybridized carbons (Fsp3) is 0.0833. The Kier molecular flexibility index (Phi) is 6.96. The van der Waals surface area contributed by atoms with E-state index in [1.807, 2.05) is 95.9 Å². The first-order valence-electron chi connectivity index (χ1n) is 14.2. The minimum Gasteiger partial charge on any atom is -0.657 e. The van der Waals surface area contributed by atoms with Crippen LogP contribution in [0.5, 0.6) is 0 Å². The van der Waals surface area contributed by atoms with Crippen LogP contribution in [0.15, 0.2) is 91.0 Å². The number of amides is 1. The minimum atomic E-state index is 0. The van der Waals surface area contributed by atoms with E-state index in [9.17, 15) is 4.79 Å². The molecule has 0 spiro atoms. The second-order valence-electron chi connectivity index (χ2n) is 10.6. The Hall–Kier alpha value is -4.87. The van der Waals surface area contributed by atoms with Gasteiger partial charge in [-0.25, -0.2) is 9.97 Å². The number of anilines is 1. The zero-order valence-corrected chi connectivity index (χ0v) is 26.4. The molecule has 5 aromatic rings. The number of rotatable bonds is 3. The van der Waals surface area contributed by atoms with Crippen molar-refractivity contribution in [2.24, 2.45) is 0 Å². The van der Waals surface area contributed by atoms with Crippen LogP contribution in [0.2, 0.25) is 0 Å². The third-order valence-corrected chi connectivity index (χ3v) is 7.88. The maximum atomic E-state index is 13.1. The van der Waals surface area contributed by atoms with E-state index in [0.717, 1.165) is 79.2 Å². The SMILES string of the molecule is O=C1CCCN1c1c2nc(c(-c3ccccc3)c3ccc(cc4nc(c(-c5ccccc5)c5ccc1[n-]5)C=C4)[n-]3)C=C2.[Zn+2]. The van der Waals surface area contributed by atoms with Gasteiger partial charge in [-0.1, -0.05) is 91.0 Å². The fourth-order valence-electron chi connectivity index (χ4n) is 5.97. The number of aromatic nitrogens is 4. The summed E-state index contributed by atoms with van der Waals surface area (Å²) < 4.78 is 0. The van der Waals surface area contributed by atoms with E-state index < -0.39 is 0 Å². The quantitative estimate of drug-likeness (QED) is 0.196. The average molecular weight is 609 g/mol. The summed E-state index contributed by atoms with van der Waals surface area (Å²) in [6.45, 7) is 0.639. The standard InChI is InChI=1S/C36H25N5O.Zn/c42-33-12-7-21-41(33)36-31-19-17-29(39-31)34(23-8-3-1-4-9-23)27-15-13-25(37-27)22-26-14-16-28(38-26)35(24-10-5-2-6-11-24)30-18-20-32(36)40-30;/h1-6,8-11,13-20,22H,7,12,21H2;/q-2;+2. The largest absolute Gasteiger partial charge is 2.00 e. The van der Waals surface area contributed by atoms with Gasteiger partial charge in [0.2, 0.25) is 5.91 Å². The summed E-state index contributed by atoms with van der Waals surface area (Å²) in [4.78, 5) is 35.2. The first-order valence-corrected chi connectivity index (χ1v) is 14.2. The summed E-state index contributed by atoms with van der Waals surface area (Å²) in [7, 11) is 0. The molecule has 0 saturated carbocycles. The molecule has 0 atom stereocenters. The topological polar surface area (TPSA) is 74.3 Å². The molecular formula is C36H25N5OZn. The van der Waals surface area contributed by atoms with Gasteiger partial charge in [0, 0.05) is 13.0 Å². The maximum absolute atomic E-state index is 13.1. The predicted molar refractivity (Wildman–Crippen MR) is 169 cm³/mol. The van der Waals surface area contributed by atoms with Gasteiger partial charge in [-0.2, -0.15) is 0 Å². The molecule has 3 aliphatic heterocycles. The van der Waals surface area contributed by atoms with Crippen LogP contribution in [0.3, 0.4) is 0 Å². The van der Waals surface area contributed by atoms with E-state index in [2.05, 4.69) is 24.3 Å². The van der Waals surface area contributed by atoms with Crippen molar-refractivity contribution in [3.63, 3.8) is 0 Å². The van der Waals surface area contributed by atoms with E-state index in [-0.39, 0.29) is 25.4 Å². The zero-order valence-electron chi connectivity index (χ0n) is 23.4. The molecule has 3 aliphatic rings. The Morgan fingerprint density at radius 1 is 0.628 bits per heavy atom. The van der Waals surface area contributed by atoms with Crippen LogP contribution in [0.25, 0.3) is 68.6 Å². The van der Waals surface area contributed by atoms with Gasteiger partial charge in [-0.15, -0.1) is 22.1 Å². The molecule has 1 saturated heterocycles. The van der Waals surface area contributed by atoms with Gasteiger partial charge < -0.3 is 14.9 Å². The van der Waals surface area contributed by atoms with E-state index in [4.69, 9.17) is 19.9 Å². The van der Waals surface area contributed by atoms with E-state index >= 15 is 0 Å². The van der Waals surface area contributed by atoms with E-state index in [1.165, 1.54) is 0 Å². The van der Waals surface area contributed by atoms with Gasteiger partial charge in [0.1, 0.15) is 0 Å². The molecule has 1 fully saturated rings. The van der Waals surface area contributed by atoms with Crippen LogP contribution >= 0.6 is 0 Å². The molecule has 0 unspecified atom stereocenters. The van der Waals surface area contributed by atoms with Crippen molar-refractivity contribution in [1.82, 2.24) is 19.9 Å². The van der Waals surface area contributed by atoms with Crippen LogP contribution in [0, 0.1) is 0 Å². The molecule has 3 aromatic heterocycles. The van der Waals surface area contributed by atoms with Crippen molar-refractivity contribution < 1.29 is 24.3 Å². The molecule has 1 amide bonds. The zero-order chi connectivity index (χ0) is 28.0. The molecule has 6 heterocycles. The maximum Gasteiger partial charge on any atom is 2.00 e. The summed E-state index contributed by atoms with van der Waals surface area (Å²) in [6.07, 6.45) is 9.39. The minimum absolute atomic E-state index is 0. The summed E-state index contributed by atoms with van der Waals surface area (Å²) in [6, 6.07) is 30.5. The Labute approximate surface area is 261 Å². The van der Waals surface area contributed by atoms with Crippen LogP contribution in [-0.4, -0.2) is 22.4 Å². The van der Waals surface area contributed by atoms with E-state index in [1.54, 1.807) is 0 Å². The van der Waals surface area contributed by atoms with Gasteiger partial charge in [0.25, 0.3) is 0 Å². The first-order chi connectivity index (χ1) is 20.7. The molecule has 6 nitrogen and oxygen atoms in total. The molecule has 8 bridgehead atoms. The second kappa shape index (κ2) is 11.1. The van der Waals surface area contributed by atoms with Gasteiger partial charge >= 0.3 is 19.5 Å². The second-order valence-corrected chi connectivity index (χ2v) is 10.6. The van der Waals surface area contributed by atoms with Gasteiger partial charge in [0.15, 0.2) is 0 Å². The summed E-state index contributed by atoms with van der Waals surface area (Å²) in [5.41, 5.74) is 11.0. The monoisotopic (exact) mass is 607 g/mol. The molecular weight excluding hydrogens is 584 g/mol. The average Bonchev–Trinajstić information content (AvgIpc) is 3.85. The number of benzene rings is 2. The Morgan fingerprint density at radius 2 is 1.23 bits per heavy atom. The third kappa shape index (κ3) is 4.86. The first kappa shape index (κ1) is 27.0. The molecule has 8 rings (SSSR count). The molecule has 0 aliphatic carbocycles. The number of carbonyl (C=O) groups excluding carboxylic acids is 1. The van der Waals surface area contributed by atoms with Crippen molar-refractivity contribution >= 4 is 58.0 Å².